The molecule has 0 saturated heterocycles. The van der Waals surface area contributed by atoms with Crippen LogP contribution in [0.25, 0.3) is 4.96 Å². The summed E-state index contributed by atoms with van der Waals surface area (Å²) >= 11 is 1.59. The van der Waals surface area contributed by atoms with E-state index in [9.17, 15) is 0 Å². The standard InChI is InChI=1S/C12H15N5O2S/c1-8-14-10(16-19-8)3-4-13-7-9-11(18-2)15-12-17(9)5-6-20-12/h5-6,13H,3-4,7H2,1-2H3. The van der Waals surface area contributed by atoms with E-state index < -0.39 is 0 Å². The highest BCUT2D eigenvalue weighted by atomic mass is 32.1. The highest BCUT2D eigenvalue weighted by Crippen LogP contribution is 2.22. The molecule has 0 fully saturated rings. The van der Waals surface area contributed by atoms with Gasteiger partial charge in [0.1, 0.15) is 5.69 Å². The smallest absolute Gasteiger partial charge is 0.237 e. The van der Waals surface area contributed by atoms with Gasteiger partial charge in [0.15, 0.2) is 10.8 Å². The van der Waals surface area contributed by atoms with E-state index in [1.165, 1.54) is 0 Å². The van der Waals surface area contributed by atoms with Gasteiger partial charge in [0.2, 0.25) is 11.8 Å². The van der Waals surface area contributed by atoms with E-state index in [0.29, 0.717) is 18.3 Å². The van der Waals surface area contributed by atoms with Crippen LogP contribution in [0, 0.1) is 6.92 Å². The molecule has 0 unspecified atom stereocenters. The lowest BCUT2D eigenvalue weighted by Gasteiger charge is -2.04. The second-order valence-electron chi connectivity index (χ2n) is 4.28. The molecule has 0 aromatic carbocycles. The number of hydrogen-bond donors (Lipinski definition) is 1. The SMILES string of the molecule is COc1nc2sccn2c1CNCCc1noc(C)n1. The predicted octanol–water partition coefficient (Wildman–Crippen LogP) is 1.43. The molecular formula is C12H15N5O2S. The first kappa shape index (κ1) is 13.1. The Morgan fingerprint density at radius 2 is 2.35 bits per heavy atom. The minimum Gasteiger partial charge on any atom is -0.480 e. The fraction of sp³-hybridized carbons (Fsp3) is 0.417. The van der Waals surface area contributed by atoms with E-state index in [1.54, 1.807) is 25.4 Å². The Morgan fingerprint density at radius 3 is 3.10 bits per heavy atom. The highest BCUT2D eigenvalue weighted by Gasteiger charge is 2.13. The highest BCUT2D eigenvalue weighted by molar-refractivity contribution is 7.15. The van der Waals surface area contributed by atoms with Crippen molar-refractivity contribution in [3.8, 4) is 5.88 Å². The lowest BCUT2D eigenvalue weighted by molar-refractivity contribution is 0.386. The van der Waals surface area contributed by atoms with E-state index in [1.807, 2.05) is 16.0 Å². The van der Waals surface area contributed by atoms with Crippen molar-refractivity contribution in [2.75, 3.05) is 13.7 Å². The van der Waals surface area contributed by atoms with E-state index in [2.05, 4.69) is 20.4 Å². The van der Waals surface area contributed by atoms with Crippen LogP contribution in [-0.2, 0) is 13.0 Å². The molecule has 0 radical (unpaired) electrons. The largest absolute Gasteiger partial charge is 0.480 e. The number of methoxy groups -OCH3 is 1. The van der Waals surface area contributed by atoms with Crippen molar-refractivity contribution < 1.29 is 9.26 Å². The number of nitrogens with one attached hydrogen (secondary N) is 1. The van der Waals surface area contributed by atoms with Crippen LogP contribution in [0.2, 0.25) is 0 Å². The maximum Gasteiger partial charge on any atom is 0.237 e. The maximum absolute atomic E-state index is 5.30. The number of ether oxygens (including phenoxy) is 1. The number of fused-ring (bicyclic) bond motifs is 1. The molecule has 20 heavy (non-hydrogen) atoms. The molecule has 3 aromatic heterocycles. The van der Waals surface area contributed by atoms with Gasteiger partial charge in [0, 0.05) is 38.0 Å². The zero-order valence-corrected chi connectivity index (χ0v) is 12.1. The molecule has 0 aliphatic carbocycles. The van der Waals surface area contributed by atoms with Crippen molar-refractivity contribution in [1.29, 1.82) is 0 Å². The average molecular weight is 293 g/mol. The van der Waals surface area contributed by atoms with Crippen LogP contribution in [0.4, 0.5) is 0 Å². The topological polar surface area (TPSA) is 77.5 Å². The molecule has 0 aliphatic heterocycles. The lowest BCUT2D eigenvalue weighted by Crippen LogP contribution is -2.18. The quantitative estimate of drug-likeness (QED) is 0.693. The van der Waals surface area contributed by atoms with Crippen molar-refractivity contribution in [2.24, 2.45) is 0 Å². The second kappa shape index (κ2) is 5.59. The summed E-state index contributed by atoms with van der Waals surface area (Å²) < 4.78 is 12.3. The molecule has 106 valence electrons. The van der Waals surface area contributed by atoms with Crippen LogP contribution in [-0.4, -0.2) is 33.2 Å². The normalized spacial score (nSPS) is 11.3. The first-order chi connectivity index (χ1) is 9.78. The van der Waals surface area contributed by atoms with Gasteiger partial charge in [-0.05, 0) is 0 Å². The molecule has 1 N–H and O–H groups in total. The predicted molar refractivity (Wildman–Crippen MR) is 74.1 cm³/mol. The van der Waals surface area contributed by atoms with Crippen LogP contribution in [0.5, 0.6) is 5.88 Å². The third-order valence-corrected chi connectivity index (χ3v) is 3.66. The van der Waals surface area contributed by atoms with E-state index in [4.69, 9.17) is 9.26 Å². The molecule has 3 rings (SSSR count). The number of rotatable bonds is 6. The third kappa shape index (κ3) is 2.52. The van der Waals surface area contributed by atoms with Crippen molar-refractivity contribution in [3.05, 3.63) is 29.0 Å². The minimum absolute atomic E-state index is 0.595. The molecule has 0 atom stereocenters. The first-order valence-corrected chi connectivity index (χ1v) is 7.14. The number of aromatic nitrogens is 4. The number of hydrogen-bond acceptors (Lipinski definition) is 7. The number of aryl methyl sites for hydroxylation is 1. The Hall–Kier alpha value is -1.93. The molecule has 0 aliphatic rings. The fourth-order valence-electron chi connectivity index (χ4n) is 1.99. The summed E-state index contributed by atoms with van der Waals surface area (Å²) in [6, 6.07) is 0. The number of imidazole rings is 1. The minimum atomic E-state index is 0.595. The Bertz CT molecular complexity index is 702. The lowest BCUT2D eigenvalue weighted by atomic mass is 10.3. The summed E-state index contributed by atoms with van der Waals surface area (Å²) in [6.07, 6.45) is 2.72. The van der Waals surface area contributed by atoms with Gasteiger partial charge in [-0.25, -0.2) is 0 Å². The first-order valence-electron chi connectivity index (χ1n) is 6.26. The summed E-state index contributed by atoms with van der Waals surface area (Å²) in [6.45, 7) is 3.23. The molecule has 8 heteroatoms. The average Bonchev–Trinajstić information content (AvgIpc) is 3.11. The van der Waals surface area contributed by atoms with Crippen LogP contribution in [0.15, 0.2) is 16.1 Å². The Balaban J connectivity index is 1.60. The van der Waals surface area contributed by atoms with Crippen molar-refractivity contribution in [3.63, 3.8) is 0 Å². The van der Waals surface area contributed by atoms with E-state index >= 15 is 0 Å². The zero-order chi connectivity index (χ0) is 13.9. The monoisotopic (exact) mass is 293 g/mol. The molecule has 7 nitrogen and oxygen atoms in total. The summed E-state index contributed by atoms with van der Waals surface area (Å²) in [5.41, 5.74) is 1.02. The van der Waals surface area contributed by atoms with Gasteiger partial charge in [0.25, 0.3) is 0 Å². The Labute approximate surface area is 119 Å². The van der Waals surface area contributed by atoms with Gasteiger partial charge in [-0.1, -0.05) is 5.16 Å². The molecule has 3 aromatic rings. The van der Waals surface area contributed by atoms with Crippen LogP contribution in [0.3, 0.4) is 0 Å². The summed E-state index contributed by atoms with van der Waals surface area (Å²) in [7, 11) is 1.64. The van der Waals surface area contributed by atoms with Crippen LogP contribution in [0.1, 0.15) is 17.4 Å². The summed E-state index contributed by atoms with van der Waals surface area (Å²) in [5, 5.41) is 9.21. The number of thiazole rings is 1. The van der Waals surface area contributed by atoms with Crippen molar-refractivity contribution >= 4 is 16.3 Å². The molecule has 0 saturated carbocycles. The Morgan fingerprint density at radius 1 is 1.45 bits per heavy atom. The van der Waals surface area contributed by atoms with Gasteiger partial charge in [-0.3, -0.25) is 4.40 Å². The number of nitrogens with zero attached hydrogens (tertiary/aromatic N) is 4. The van der Waals surface area contributed by atoms with Crippen molar-refractivity contribution in [1.82, 2.24) is 24.8 Å². The molecule has 0 bridgehead atoms. The molecule has 0 spiro atoms. The van der Waals surface area contributed by atoms with Gasteiger partial charge in [-0.2, -0.15) is 9.97 Å². The van der Waals surface area contributed by atoms with Crippen LogP contribution < -0.4 is 10.1 Å². The zero-order valence-electron chi connectivity index (χ0n) is 11.3. The van der Waals surface area contributed by atoms with E-state index in [-0.39, 0.29) is 0 Å². The van der Waals surface area contributed by atoms with Gasteiger partial charge < -0.3 is 14.6 Å². The van der Waals surface area contributed by atoms with E-state index in [0.717, 1.165) is 29.4 Å². The molecule has 3 heterocycles. The summed E-state index contributed by atoms with van der Waals surface area (Å²) in [5.74, 6) is 1.98. The molecule has 0 amide bonds. The molecular weight excluding hydrogens is 278 g/mol. The van der Waals surface area contributed by atoms with Crippen LogP contribution >= 0.6 is 11.3 Å². The fourth-order valence-corrected chi connectivity index (χ4v) is 2.71. The van der Waals surface area contributed by atoms with Gasteiger partial charge in [0.05, 0.1) is 7.11 Å². The summed E-state index contributed by atoms with van der Waals surface area (Å²) in [4.78, 5) is 9.51. The maximum atomic E-state index is 5.30. The van der Waals surface area contributed by atoms with Crippen molar-refractivity contribution in [2.45, 2.75) is 19.9 Å². The van der Waals surface area contributed by atoms with Gasteiger partial charge in [-0.15, -0.1) is 11.3 Å². The third-order valence-electron chi connectivity index (χ3n) is 2.91. The Kier molecular flexibility index (Phi) is 3.66. The second-order valence-corrected chi connectivity index (χ2v) is 5.15. The van der Waals surface area contributed by atoms with Gasteiger partial charge >= 0.3 is 0 Å².